The van der Waals surface area contributed by atoms with Gasteiger partial charge in [-0.1, -0.05) is 38.8 Å². The van der Waals surface area contributed by atoms with Gasteiger partial charge in [0.1, 0.15) is 0 Å². The predicted octanol–water partition coefficient (Wildman–Crippen LogP) is 3.49. The SMILES string of the molecule is CCCCCc1ccc(NC(=O)C(C)(N)CC)cc1. The lowest BCUT2D eigenvalue weighted by atomic mass is 9.99. The zero-order valence-electron chi connectivity index (χ0n) is 12.3. The third-order valence-electron chi connectivity index (χ3n) is 3.53. The summed E-state index contributed by atoms with van der Waals surface area (Å²) in [7, 11) is 0. The van der Waals surface area contributed by atoms with Crippen LogP contribution in [0.3, 0.4) is 0 Å². The van der Waals surface area contributed by atoms with Crippen LogP contribution in [0.25, 0.3) is 0 Å². The van der Waals surface area contributed by atoms with E-state index in [1.54, 1.807) is 6.92 Å². The Hall–Kier alpha value is -1.35. The number of benzene rings is 1. The smallest absolute Gasteiger partial charge is 0.244 e. The first-order valence-electron chi connectivity index (χ1n) is 7.19. The van der Waals surface area contributed by atoms with E-state index >= 15 is 0 Å². The number of hydrogen-bond acceptors (Lipinski definition) is 2. The molecule has 1 aromatic rings. The van der Waals surface area contributed by atoms with Crippen LogP contribution in [0.2, 0.25) is 0 Å². The molecule has 0 radical (unpaired) electrons. The van der Waals surface area contributed by atoms with Crippen molar-refractivity contribution in [2.24, 2.45) is 5.73 Å². The molecule has 0 fully saturated rings. The summed E-state index contributed by atoms with van der Waals surface area (Å²) < 4.78 is 0. The summed E-state index contributed by atoms with van der Waals surface area (Å²) in [6.07, 6.45) is 5.44. The number of nitrogens with two attached hydrogens (primary N) is 1. The number of carbonyl (C=O) groups excluding carboxylic acids is 1. The first-order valence-corrected chi connectivity index (χ1v) is 7.19. The maximum absolute atomic E-state index is 11.9. The van der Waals surface area contributed by atoms with Crippen LogP contribution in [-0.4, -0.2) is 11.4 Å². The van der Waals surface area contributed by atoms with Crippen molar-refractivity contribution < 1.29 is 4.79 Å². The third-order valence-corrected chi connectivity index (χ3v) is 3.53. The normalized spacial score (nSPS) is 13.9. The highest BCUT2D eigenvalue weighted by molar-refractivity contribution is 5.97. The molecule has 0 saturated carbocycles. The molecule has 0 saturated heterocycles. The van der Waals surface area contributed by atoms with Crippen LogP contribution in [0, 0.1) is 0 Å². The Kier molecular flexibility index (Phi) is 6.03. The average molecular weight is 262 g/mol. The molecule has 1 unspecified atom stereocenters. The number of nitrogens with one attached hydrogen (secondary N) is 1. The summed E-state index contributed by atoms with van der Waals surface area (Å²) in [5, 5.41) is 2.86. The van der Waals surface area contributed by atoms with Crippen molar-refractivity contribution in [3.63, 3.8) is 0 Å². The van der Waals surface area contributed by atoms with Crippen LogP contribution < -0.4 is 11.1 Å². The number of unbranched alkanes of at least 4 members (excludes halogenated alkanes) is 2. The fraction of sp³-hybridized carbons (Fsp3) is 0.562. The van der Waals surface area contributed by atoms with Crippen molar-refractivity contribution in [2.45, 2.75) is 58.4 Å². The second-order valence-electron chi connectivity index (χ2n) is 5.38. The summed E-state index contributed by atoms with van der Waals surface area (Å²) in [6.45, 7) is 5.87. The highest BCUT2D eigenvalue weighted by Crippen LogP contribution is 2.14. The lowest BCUT2D eigenvalue weighted by molar-refractivity contribution is -0.120. The molecule has 1 amide bonds. The highest BCUT2D eigenvalue weighted by Gasteiger charge is 2.25. The number of amides is 1. The molecular formula is C16H26N2O. The van der Waals surface area contributed by atoms with Crippen molar-refractivity contribution >= 4 is 11.6 Å². The molecule has 106 valence electrons. The van der Waals surface area contributed by atoms with Crippen molar-refractivity contribution in [2.75, 3.05) is 5.32 Å². The van der Waals surface area contributed by atoms with E-state index in [1.165, 1.54) is 24.8 Å². The monoisotopic (exact) mass is 262 g/mol. The molecule has 0 aliphatic carbocycles. The van der Waals surface area contributed by atoms with Gasteiger partial charge in [-0.15, -0.1) is 0 Å². The minimum absolute atomic E-state index is 0.131. The topological polar surface area (TPSA) is 55.1 Å². The second kappa shape index (κ2) is 7.29. The van der Waals surface area contributed by atoms with E-state index < -0.39 is 5.54 Å². The van der Waals surface area contributed by atoms with Gasteiger partial charge in [-0.2, -0.15) is 0 Å². The zero-order valence-corrected chi connectivity index (χ0v) is 12.3. The summed E-state index contributed by atoms with van der Waals surface area (Å²) in [5.74, 6) is -0.131. The molecule has 1 rings (SSSR count). The number of hydrogen-bond donors (Lipinski definition) is 2. The molecular weight excluding hydrogens is 236 g/mol. The number of aryl methyl sites for hydroxylation is 1. The van der Waals surface area contributed by atoms with Gasteiger partial charge in [0.25, 0.3) is 0 Å². The highest BCUT2D eigenvalue weighted by atomic mass is 16.2. The fourth-order valence-electron chi connectivity index (χ4n) is 1.77. The van der Waals surface area contributed by atoms with E-state index in [-0.39, 0.29) is 5.91 Å². The van der Waals surface area contributed by atoms with E-state index in [1.807, 2.05) is 19.1 Å². The minimum atomic E-state index is -0.806. The Bertz CT molecular complexity index is 396. The summed E-state index contributed by atoms with van der Waals surface area (Å²) >= 11 is 0. The Morgan fingerprint density at radius 3 is 2.37 bits per heavy atom. The summed E-state index contributed by atoms with van der Waals surface area (Å²) in [5.41, 5.74) is 7.23. The van der Waals surface area contributed by atoms with Crippen LogP contribution in [0.1, 0.15) is 52.0 Å². The zero-order chi connectivity index (χ0) is 14.3. The lowest BCUT2D eigenvalue weighted by Gasteiger charge is -2.21. The van der Waals surface area contributed by atoms with Crippen molar-refractivity contribution in [3.05, 3.63) is 29.8 Å². The predicted molar refractivity (Wildman–Crippen MR) is 81.2 cm³/mol. The van der Waals surface area contributed by atoms with Gasteiger partial charge in [0.2, 0.25) is 5.91 Å². The maximum atomic E-state index is 11.9. The van der Waals surface area contributed by atoms with Gasteiger partial charge in [-0.25, -0.2) is 0 Å². The standard InChI is InChI=1S/C16H26N2O/c1-4-6-7-8-13-9-11-14(12-10-13)18-15(19)16(3,17)5-2/h9-12H,4-8,17H2,1-3H3,(H,18,19). The van der Waals surface area contributed by atoms with Gasteiger partial charge in [0.05, 0.1) is 5.54 Å². The van der Waals surface area contributed by atoms with Gasteiger partial charge < -0.3 is 11.1 Å². The van der Waals surface area contributed by atoms with Gasteiger partial charge >= 0.3 is 0 Å². The number of anilines is 1. The number of carbonyl (C=O) groups is 1. The molecule has 0 bridgehead atoms. The van der Waals surface area contributed by atoms with Gasteiger partial charge in [0.15, 0.2) is 0 Å². The molecule has 0 aliphatic rings. The molecule has 3 N–H and O–H groups in total. The first-order chi connectivity index (χ1) is 8.99. The molecule has 3 nitrogen and oxygen atoms in total. The third kappa shape index (κ3) is 5.03. The Labute approximate surface area is 116 Å². The van der Waals surface area contributed by atoms with Crippen molar-refractivity contribution in [3.8, 4) is 0 Å². The van der Waals surface area contributed by atoms with Gasteiger partial charge in [-0.05, 0) is 43.9 Å². The molecule has 0 heterocycles. The number of rotatable bonds is 7. The quantitative estimate of drug-likeness (QED) is 0.739. The van der Waals surface area contributed by atoms with Crippen molar-refractivity contribution in [1.82, 2.24) is 0 Å². The fourth-order valence-corrected chi connectivity index (χ4v) is 1.77. The van der Waals surface area contributed by atoms with Crippen molar-refractivity contribution in [1.29, 1.82) is 0 Å². The Balaban J connectivity index is 2.55. The molecule has 3 heteroatoms. The Morgan fingerprint density at radius 2 is 1.84 bits per heavy atom. The first kappa shape index (κ1) is 15.7. The minimum Gasteiger partial charge on any atom is -0.325 e. The van der Waals surface area contributed by atoms with Crippen LogP contribution >= 0.6 is 0 Å². The molecule has 19 heavy (non-hydrogen) atoms. The molecule has 0 spiro atoms. The maximum Gasteiger partial charge on any atom is 0.244 e. The molecule has 1 aromatic carbocycles. The molecule has 1 atom stereocenters. The van der Waals surface area contributed by atoms with Crippen LogP contribution in [-0.2, 0) is 11.2 Å². The average Bonchev–Trinajstić information content (AvgIpc) is 2.41. The van der Waals surface area contributed by atoms with Gasteiger partial charge in [-0.3, -0.25) is 4.79 Å². The lowest BCUT2D eigenvalue weighted by Crippen LogP contribution is -2.47. The van der Waals surface area contributed by atoms with E-state index in [0.717, 1.165) is 12.1 Å². The summed E-state index contributed by atoms with van der Waals surface area (Å²) in [6, 6.07) is 8.05. The largest absolute Gasteiger partial charge is 0.325 e. The van der Waals surface area contributed by atoms with E-state index in [4.69, 9.17) is 5.73 Å². The van der Waals surface area contributed by atoms with Crippen LogP contribution in [0.5, 0.6) is 0 Å². The second-order valence-corrected chi connectivity index (χ2v) is 5.38. The van der Waals surface area contributed by atoms with Crippen LogP contribution in [0.15, 0.2) is 24.3 Å². The van der Waals surface area contributed by atoms with Gasteiger partial charge in [0, 0.05) is 5.69 Å². The van der Waals surface area contributed by atoms with E-state index in [2.05, 4.69) is 24.4 Å². The Morgan fingerprint density at radius 1 is 1.21 bits per heavy atom. The van der Waals surface area contributed by atoms with Crippen LogP contribution in [0.4, 0.5) is 5.69 Å². The molecule has 0 aliphatic heterocycles. The summed E-state index contributed by atoms with van der Waals surface area (Å²) in [4.78, 5) is 11.9. The van der Waals surface area contributed by atoms with E-state index in [0.29, 0.717) is 6.42 Å². The molecule has 0 aromatic heterocycles. The van der Waals surface area contributed by atoms with E-state index in [9.17, 15) is 4.79 Å².